The Bertz CT molecular complexity index is 1270. The standard InChI is InChI=1S/C25H26N4O3/c1-15(2)14-32-25(31)27-17-8-5-7-16(13-17)24(30)29-22-18-9-3-4-12-21(18)28-23-19(22)10-6-11-20(23)26/h3-13,15,24,30H,14,26H2,1-2H3,(H,27,31)(H,28,29). The average Bonchev–Trinajstić information content (AvgIpc) is 2.78. The Kier molecular flexibility index (Phi) is 6.09. The molecule has 0 fully saturated rings. The number of rotatable bonds is 6. The lowest BCUT2D eigenvalue weighted by atomic mass is 10.1. The number of fused-ring (bicyclic) bond motifs is 2. The van der Waals surface area contributed by atoms with Crippen LogP contribution in [0.3, 0.4) is 0 Å². The second kappa shape index (κ2) is 9.11. The molecule has 0 spiro atoms. The minimum absolute atomic E-state index is 0.247. The van der Waals surface area contributed by atoms with E-state index in [-0.39, 0.29) is 5.92 Å². The van der Waals surface area contributed by atoms with Gasteiger partial charge < -0.3 is 20.9 Å². The van der Waals surface area contributed by atoms with Crippen molar-refractivity contribution in [3.8, 4) is 0 Å². The molecule has 0 bridgehead atoms. The highest BCUT2D eigenvalue weighted by Gasteiger charge is 2.15. The predicted octanol–water partition coefficient (Wildman–Crippen LogP) is 5.28. The van der Waals surface area contributed by atoms with Gasteiger partial charge in [0.2, 0.25) is 0 Å². The van der Waals surface area contributed by atoms with Gasteiger partial charge in [-0.15, -0.1) is 0 Å². The SMILES string of the molecule is CC(C)COC(=O)Nc1cccc(C(O)Nc2c3ccccc3nc3c(N)cccc23)c1. The Hall–Kier alpha value is -3.84. The number of carbonyl (C=O) groups is 1. The summed E-state index contributed by atoms with van der Waals surface area (Å²) in [6.45, 7) is 4.27. The molecule has 1 amide bonds. The van der Waals surface area contributed by atoms with Crippen LogP contribution < -0.4 is 16.4 Å². The molecule has 1 unspecified atom stereocenters. The first-order chi connectivity index (χ1) is 15.4. The van der Waals surface area contributed by atoms with Crippen molar-refractivity contribution in [1.29, 1.82) is 0 Å². The molecule has 7 nitrogen and oxygen atoms in total. The van der Waals surface area contributed by atoms with E-state index in [1.807, 2.05) is 50.2 Å². The van der Waals surface area contributed by atoms with Gasteiger partial charge in [0.05, 0.1) is 29.0 Å². The summed E-state index contributed by atoms with van der Waals surface area (Å²) >= 11 is 0. The molecule has 0 radical (unpaired) electrons. The molecule has 164 valence electrons. The summed E-state index contributed by atoms with van der Waals surface area (Å²) in [7, 11) is 0. The number of hydrogen-bond donors (Lipinski definition) is 4. The van der Waals surface area contributed by atoms with E-state index in [0.717, 1.165) is 22.0 Å². The topological polar surface area (TPSA) is 110 Å². The van der Waals surface area contributed by atoms with Gasteiger partial charge in [-0.25, -0.2) is 9.78 Å². The van der Waals surface area contributed by atoms with Crippen LogP contribution in [0.15, 0.2) is 66.7 Å². The first-order valence-electron chi connectivity index (χ1n) is 10.5. The van der Waals surface area contributed by atoms with Gasteiger partial charge in [0, 0.05) is 22.0 Å². The smallest absolute Gasteiger partial charge is 0.411 e. The molecule has 32 heavy (non-hydrogen) atoms. The number of aliphatic hydroxyl groups is 1. The predicted molar refractivity (Wildman–Crippen MR) is 128 cm³/mol. The summed E-state index contributed by atoms with van der Waals surface area (Å²) in [5.74, 6) is 0.247. The molecule has 4 aromatic rings. The van der Waals surface area contributed by atoms with E-state index in [1.54, 1.807) is 30.3 Å². The third kappa shape index (κ3) is 4.58. The highest BCUT2D eigenvalue weighted by Crippen LogP contribution is 2.35. The number of anilines is 3. The normalized spacial score (nSPS) is 12.1. The number of amides is 1. The van der Waals surface area contributed by atoms with Crippen LogP contribution in [0.1, 0.15) is 25.6 Å². The van der Waals surface area contributed by atoms with Crippen LogP contribution in [0.2, 0.25) is 0 Å². The van der Waals surface area contributed by atoms with Gasteiger partial charge in [-0.3, -0.25) is 5.32 Å². The number of carbonyl (C=O) groups excluding carboxylic acids is 1. The number of para-hydroxylation sites is 2. The zero-order chi connectivity index (χ0) is 22.7. The molecule has 4 rings (SSSR count). The Labute approximate surface area is 186 Å². The minimum Gasteiger partial charge on any atom is -0.449 e. The number of nitrogens with two attached hydrogens (primary N) is 1. The molecule has 0 saturated carbocycles. The molecule has 1 heterocycles. The zero-order valence-corrected chi connectivity index (χ0v) is 18.0. The molecule has 0 saturated heterocycles. The molecule has 3 aromatic carbocycles. The van der Waals surface area contributed by atoms with E-state index >= 15 is 0 Å². The van der Waals surface area contributed by atoms with E-state index in [1.165, 1.54) is 0 Å². The summed E-state index contributed by atoms with van der Waals surface area (Å²) in [4.78, 5) is 16.7. The summed E-state index contributed by atoms with van der Waals surface area (Å²) in [6, 6.07) is 20.3. The lowest BCUT2D eigenvalue weighted by molar-refractivity contribution is 0.147. The number of aliphatic hydroxyl groups excluding tert-OH is 1. The molecule has 1 atom stereocenters. The number of aromatic nitrogens is 1. The van der Waals surface area contributed by atoms with Crippen LogP contribution in [-0.4, -0.2) is 22.8 Å². The Morgan fingerprint density at radius 2 is 1.81 bits per heavy atom. The fourth-order valence-electron chi connectivity index (χ4n) is 3.49. The van der Waals surface area contributed by atoms with Crippen LogP contribution >= 0.6 is 0 Å². The third-order valence-electron chi connectivity index (χ3n) is 5.02. The van der Waals surface area contributed by atoms with Crippen LogP contribution in [0.5, 0.6) is 0 Å². The third-order valence-corrected chi connectivity index (χ3v) is 5.02. The monoisotopic (exact) mass is 430 g/mol. The Morgan fingerprint density at radius 1 is 1.06 bits per heavy atom. The van der Waals surface area contributed by atoms with E-state index < -0.39 is 12.3 Å². The van der Waals surface area contributed by atoms with Gasteiger partial charge in [0.25, 0.3) is 0 Å². The quantitative estimate of drug-likeness (QED) is 0.188. The Balaban J connectivity index is 1.64. The number of nitrogens with one attached hydrogen (secondary N) is 2. The van der Waals surface area contributed by atoms with Gasteiger partial charge in [-0.1, -0.05) is 56.3 Å². The molecular weight excluding hydrogens is 404 g/mol. The first-order valence-corrected chi connectivity index (χ1v) is 10.5. The van der Waals surface area contributed by atoms with Crippen molar-refractivity contribution in [2.24, 2.45) is 5.92 Å². The van der Waals surface area contributed by atoms with Gasteiger partial charge in [0.15, 0.2) is 6.23 Å². The maximum atomic E-state index is 12.0. The maximum absolute atomic E-state index is 12.0. The van der Waals surface area contributed by atoms with Crippen molar-refractivity contribution in [2.75, 3.05) is 23.0 Å². The van der Waals surface area contributed by atoms with Gasteiger partial charge in [-0.05, 0) is 30.2 Å². The molecule has 0 aliphatic carbocycles. The van der Waals surface area contributed by atoms with Crippen molar-refractivity contribution < 1.29 is 14.6 Å². The highest BCUT2D eigenvalue weighted by molar-refractivity contribution is 6.10. The van der Waals surface area contributed by atoms with Crippen molar-refractivity contribution in [1.82, 2.24) is 4.98 Å². The van der Waals surface area contributed by atoms with Gasteiger partial charge in [0.1, 0.15) is 0 Å². The minimum atomic E-state index is -1.03. The number of ether oxygens (including phenoxy) is 1. The molecule has 5 N–H and O–H groups in total. The molecule has 1 aromatic heterocycles. The molecule has 7 heteroatoms. The summed E-state index contributed by atoms with van der Waals surface area (Å²) < 4.78 is 5.16. The van der Waals surface area contributed by atoms with E-state index in [0.29, 0.717) is 29.1 Å². The fourth-order valence-corrected chi connectivity index (χ4v) is 3.49. The van der Waals surface area contributed by atoms with Crippen LogP contribution in [0.4, 0.5) is 21.9 Å². The average molecular weight is 431 g/mol. The van der Waals surface area contributed by atoms with Crippen LogP contribution in [0, 0.1) is 5.92 Å². The van der Waals surface area contributed by atoms with Crippen molar-refractivity contribution in [3.63, 3.8) is 0 Å². The summed E-state index contributed by atoms with van der Waals surface area (Å²) in [6.07, 6.45) is -1.56. The molecule has 0 aliphatic heterocycles. The van der Waals surface area contributed by atoms with Crippen LogP contribution in [-0.2, 0) is 4.74 Å². The van der Waals surface area contributed by atoms with E-state index in [2.05, 4.69) is 15.6 Å². The number of nitrogens with zero attached hydrogens (tertiary/aromatic N) is 1. The Morgan fingerprint density at radius 3 is 2.62 bits per heavy atom. The van der Waals surface area contributed by atoms with Gasteiger partial charge in [-0.2, -0.15) is 0 Å². The van der Waals surface area contributed by atoms with Gasteiger partial charge >= 0.3 is 6.09 Å². The zero-order valence-electron chi connectivity index (χ0n) is 18.0. The largest absolute Gasteiger partial charge is 0.449 e. The van der Waals surface area contributed by atoms with Crippen molar-refractivity contribution >= 4 is 45.0 Å². The van der Waals surface area contributed by atoms with Crippen molar-refractivity contribution in [3.05, 3.63) is 72.3 Å². The lowest BCUT2D eigenvalue weighted by Gasteiger charge is -2.19. The summed E-state index contributed by atoms with van der Waals surface area (Å²) in [5, 5.41) is 18.6. The van der Waals surface area contributed by atoms with Crippen molar-refractivity contribution in [2.45, 2.75) is 20.1 Å². The molecule has 0 aliphatic rings. The highest BCUT2D eigenvalue weighted by atomic mass is 16.5. The second-order valence-electron chi connectivity index (χ2n) is 8.04. The maximum Gasteiger partial charge on any atom is 0.411 e. The van der Waals surface area contributed by atoms with Crippen LogP contribution in [0.25, 0.3) is 21.8 Å². The number of pyridine rings is 1. The van der Waals surface area contributed by atoms with E-state index in [9.17, 15) is 9.90 Å². The number of benzene rings is 3. The summed E-state index contributed by atoms with van der Waals surface area (Å²) in [5.41, 5.74) is 10.0. The number of hydrogen-bond acceptors (Lipinski definition) is 6. The molecular formula is C25H26N4O3. The number of nitrogen functional groups attached to an aromatic ring is 1. The first kappa shape index (κ1) is 21.4. The van der Waals surface area contributed by atoms with E-state index in [4.69, 9.17) is 10.5 Å². The lowest BCUT2D eigenvalue weighted by Crippen LogP contribution is -2.17. The second-order valence-corrected chi connectivity index (χ2v) is 8.04. The fraction of sp³-hybridized carbons (Fsp3) is 0.200.